The van der Waals surface area contributed by atoms with Crippen LogP contribution in [-0.2, 0) is 6.42 Å². The fourth-order valence-electron chi connectivity index (χ4n) is 4.16. The molecule has 0 unspecified atom stereocenters. The van der Waals surface area contributed by atoms with E-state index in [0.717, 1.165) is 50.0 Å². The molecule has 2 heterocycles. The second kappa shape index (κ2) is 6.78. The van der Waals surface area contributed by atoms with Crippen molar-refractivity contribution in [3.63, 3.8) is 0 Å². The Morgan fingerprint density at radius 3 is 3.08 bits per heavy atom. The standard InChI is InChI=1S/C19H24N4O2/c1-25-18-7-4-5-14-15(18)8-9-16(14)22-19(24)23-10-3-2-6-17(23)13-11-20-21-12-13/h4-5,7,11-12,16-17H,2-3,6,8-10H2,1H3,(H,20,21)(H,22,24)/t16-,17+/m0/s1. The molecule has 1 aliphatic carbocycles. The van der Waals surface area contributed by atoms with Crippen molar-refractivity contribution in [2.24, 2.45) is 0 Å². The third-order valence-electron chi connectivity index (χ3n) is 5.41. The SMILES string of the molecule is COc1cccc2c1CC[C@@H]2NC(=O)N1CCCC[C@@H]1c1cn[nH]c1. The summed E-state index contributed by atoms with van der Waals surface area (Å²) in [6.45, 7) is 0.791. The molecule has 2 N–H and O–H groups in total. The highest BCUT2D eigenvalue weighted by Gasteiger charge is 2.32. The molecule has 2 aliphatic rings. The van der Waals surface area contributed by atoms with Crippen LogP contribution in [0.1, 0.15) is 54.5 Å². The van der Waals surface area contributed by atoms with Crippen LogP contribution in [0.5, 0.6) is 5.75 Å². The molecule has 25 heavy (non-hydrogen) atoms. The van der Waals surface area contributed by atoms with Crippen LogP contribution in [0.4, 0.5) is 4.79 Å². The van der Waals surface area contributed by atoms with E-state index >= 15 is 0 Å². The highest BCUT2D eigenvalue weighted by Crippen LogP contribution is 2.37. The van der Waals surface area contributed by atoms with E-state index in [4.69, 9.17) is 4.74 Å². The number of nitrogens with zero attached hydrogens (tertiary/aromatic N) is 2. The predicted molar refractivity (Wildman–Crippen MR) is 94.5 cm³/mol. The molecular weight excluding hydrogens is 316 g/mol. The van der Waals surface area contributed by atoms with E-state index < -0.39 is 0 Å². The Hall–Kier alpha value is -2.50. The van der Waals surface area contributed by atoms with Crippen LogP contribution in [0, 0.1) is 0 Å². The zero-order valence-electron chi connectivity index (χ0n) is 14.5. The van der Waals surface area contributed by atoms with Gasteiger partial charge in [0, 0.05) is 18.3 Å². The lowest BCUT2D eigenvalue weighted by molar-refractivity contribution is 0.148. The molecule has 2 aromatic rings. The van der Waals surface area contributed by atoms with Crippen LogP contribution in [0.3, 0.4) is 0 Å². The lowest BCUT2D eigenvalue weighted by atomic mass is 9.98. The van der Waals surface area contributed by atoms with Crippen molar-refractivity contribution in [3.8, 4) is 5.75 Å². The van der Waals surface area contributed by atoms with Crippen LogP contribution in [0.15, 0.2) is 30.6 Å². The van der Waals surface area contributed by atoms with Gasteiger partial charge in [-0.2, -0.15) is 5.10 Å². The number of aromatic amines is 1. The summed E-state index contributed by atoms with van der Waals surface area (Å²) in [4.78, 5) is 14.9. The zero-order chi connectivity index (χ0) is 17.2. The number of methoxy groups -OCH3 is 1. The fraction of sp³-hybridized carbons (Fsp3) is 0.474. The normalized spacial score (nSPS) is 22.5. The number of likely N-dealkylation sites (tertiary alicyclic amines) is 1. The first-order valence-corrected chi connectivity index (χ1v) is 8.99. The van der Waals surface area contributed by atoms with E-state index in [2.05, 4.69) is 21.6 Å². The van der Waals surface area contributed by atoms with Crippen molar-refractivity contribution in [1.82, 2.24) is 20.4 Å². The number of carbonyl (C=O) groups is 1. The van der Waals surface area contributed by atoms with Gasteiger partial charge in [-0.1, -0.05) is 12.1 Å². The van der Waals surface area contributed by atoms with Gasteiger partial charge in [0.1, 0.15) is 5.75 Å². The zero-order valence-corrected chi connectivity index (χ0v) is 14.5. The van der Waals surface area contributed by atoms with E-state index in [1.54, 1.807) is 7.11 Å². The first kappa shape index (κ1) is 16.0. The minimum Gasteiger partial charge on any atom is -0.496 e. The molecule has 0 saturated carbocycles. The number of amides is 2. The summed E-state index contributed by atoms with van der Waals surface area (Å²) in [5, 5.41) is 10.2. The Bertz CT molecular complexity index is 744. The van der Waals surface area contributed by atoms with Crippen molar-refractivity contribution < 1.29 is 9.53 Å². The number of benzene rings is 1. The Morgan fingerprint density at radius 2 is 2.28 bits per heavy atom. The van der Waals surface area contributed by atoms with Crippen molar-refractivity contribution in [2.75, 3.05) is 13.7 Å². The molecule has 1 fully saturated rings. The number of fused-ring (bicyclic) bond motifs is 1. The largest absolute Gasteiger partial charge is 0.496 e. The number of carbonyl (C=O) groups excluding carboxylic acids is 1. The van der Waals surface area contributed by atoms with Crippen molar-refractivity contribution in [2.45, 2.75) is 44.2 Å². The third kappa shape index (κ3) is 2.97. The molecule has 0 spiro atoms. The van der Waals surface area contributed by atoms with Gasteiger partial charge in [0.15, 0.2) is 0 Å². The van der Waals surface area contributed by atoms with Gasteiger partial charge in [-0.15, -0.1) is 0 Å². The summed E-state index contributed by atoms with van der Waals surface area (Å²) >= 11 is 0. The summed E-state index contributed by atoms with van der Waals surface area (Å²) in [6.07, 6.45) is 8.76. The molecular formula is C19H24N4O2. The monoisotopic (exact) mass is 340 g/mol. The summed E-state index contributed by atoms with van der Waals surface area (Å²) in [5.74, 6) is 0.920. The van der Waals surface area contributed by atoms with Gasteiger partial charge in [-0.3, -0.25) is 5.10 Å². The molecule has 6 nitrogen and oxygen atoms in total. The second-order valence-electron chi connectivity index (χ2n) is 6.81. The van der Waals surface area contributed by atoms with Crippen molar-refractivity contribution >= 4 is 6.03 Å². The van der Waals surface area contributed by atoms with E-state index in [0.29, 0.717) is 0 Å². The van der Waals surface area contributed by atoms with Gasteiger partial charge in [0.05, 0.1) is 25.4 Å². The average molecular weight is 340 g/mol. The lowest BCUT2D eigenvalue weighted by Crippen LogP contribution is -2.45. The molecule has 1 aromatic heterocycles. The van der Waals surface area contributed by atoms with Gasteiger partial charge in [-0.25, -0.2) is 4.79 Å². The van der Waals surface area contributed by atoms with Crippen molar-refractivity contribution in [1.29, 1.82) is 0 Å². The number of nitrogens with one attached hydrogen (secondary N) is 2. The van der Waals surface area contributed by atoms with Crippen LogP contribution in [0.2, 0.25) is 0 Å². The number of hydrogen-bond donors (Lipinski definition) is 2. The summed E-state index contributed by atoms with van der Waals surface area (Å²) in [6, 6.07) is 6.27. The molecule has 2 atom stereocenters. The van der Waals surface area contributed by atoms with E-state index in [-0.39, 0.29) is 18.1 Å². The summed E-state index contributed by atoms with van der Waals surface area (Å²) < 4.78 is 5.46. The summed E-state index contributed by atoms with van der Waals surface area (Å²) in [5.41, 5.74) is 3.49. The lowest BCUT2D eigenvalue weighted by Gasteiger charge is -2.36. The number of urea groups is 1. The number of piperidine rings is 1. The van der Waals surface area contributed by atoms with Crippen LogP contribution in [-0.4, -0.2) is 34.8 Å². The smallest absolute Gasteiger partial charge is 0.318 e. The number of ether oxygens (including phenoxy) is 1. The van der Waals surface area contributed by atoms with Crippen molar-refractivity contribution in [3.05, 3.63) is 47.3 Å². The van der Waals surface area contributed by atoms with Gasteiger partial charge in [-0.05, 0) is 49.3 Å². The number of hydrogen-bond acceptors (Lipinski definition) is 3. The molecule has 1 aliphatic heterocycles. The summed E-state index contributed by atoms with van der Waals surface area (Å²) in [7, 11) is 1.70. The van der Waals surface area contributed by atoms with Crippen LogP contribution in [0.25, 0.3) is 0 Å². The van der Waals surface area contributed by atoms with Gasteiger partial charge in [0.2, 0.25) is 0 Å². The molecule has 2 amide bonds. The van der Waals surface area contributed by atoms with Gasteiger partial charge < -0.3 is 15.0 Å². The molecule has 1 saturated heterocycles. The van der Waals surface area contributed by atoms with Gasteiger partial charge >= 0.3 is 6.03 Å². The fourth-order valence-corrected chi connectivity index (χ4v) is 4.16. The Morgan fingerprint density at radius 1 is 1.36 bits per heavy atom. The number of H-pyrrole nitrogens is 1. The average Bonchev–Trinajstić information content (AvgIpc) is 3.32. The minimum absolute atomic E-state index is 0.0200. The minimum atomic E-state index is 0.0200. The molecule has 1 aromatic carbocycles. The molecule has 0 bridgehead atoms. The third-order valence-corrected chi connectivity index (χ3v) is 5.41. The quantitative estimate of drug-likeness (QED) is 0.900. The molecule has 132 valence electrons. The highest BCUT2D eigenvalue weighted by molar-refractivity contribution is 5.75. The predicted octanol–water partition coefficient (Wildman–Crippen LogP) is 3.34. The van der Waals surface area contributed by atoms with E-state index in [9.17, 15) is 4.79 Å². The maximum Gasteiger partial charge on any atom is 0.318 e. The second-order valence-corrected chi connectivity index (χ2v) is 6.81. The molecule has 0 radical (unpaired) electrons. The maximum absolute atomic E-state index is 13.0. The number of aromatic nitrogens is 2. The highest BCUT2D eigenvalue weighted by atomic mass is 16.5. The van der Waals surface area contributed by atoms with E-state index in [1.807, 2.05) is 29.4 Å². The Kier molecular flexibility index (Phi) is 4.34. The Labute approximate surface area is 147 Å². The maximum atomic E-state index is 13.0. The molecule has 4 rings (SSSR count). The van der Waals surface area contributed by atoms with E-state index in [1.165, 1.54) is 11.1 Å². The van der Waals surface area contributed by atoms with Gasteiger partial charge in [0.25, 0.3) is 0 Å². The number of rotatable bonds is 3. The topological polar surface area (TPSA) is 70.2 Å². The first-order chi connectivity index (χ1) is 12.3. The van der Waals surface area contributed by atoms with Crippen LogP contribution < -0.4 is 10.1 Å². The molecule has 6 heteroatoms. The first-order valence-electron chi connectivity index (χ1n) is 8.99. The van der Waals surface area contributed by atoms with Crippen LogP contribution >= 0.6 is 0 Å². The Balaban J connectivity index is 1.51.